The smallest absolute Gasteiger partial charge is 0.407 e. The lowest BCUT2D eigenvalue weighted by Crippen LogP contribution is -2.54. The number of amides is 1. The van der Waals surface area contributed by atoms with Gasteiger partial charge in [-0.1, -0.05) is 0 Å². The van der Waals surface area contributed by atoms with Crippen molar-refractivity contribution in [3.8, 4) is 0 Å². The fourth-order valence-electron chi connectivity index (χ4n) is 3.07. The summed E-state index contributed by atoms with van der Waals surface area (Å²) in [6.45, 7) is 6.47. The van der Waals surface area contributed by atoms with Crippen molar-refractivity contribution in [2.75, 3.05) is 32.7 Å². The average Bonchev–Trinajstić information content (AvgIpc) is 2.27. The molecule has 0 spiro atoms. The van der Waals surface area contributed by atoms with Gasteiger partial charge >= 0.3 is 6.09 Å². The minimum Gasteiger partial charge on any atom is -0.465 e. The molecule has 6 heteroatoms. The normalized spacial score (nSPS) is 32.3. The van der Waals surface area contributed by atoms with Crippen molar-refractivity contribution >= 4 is 6.09 Å². The first-order valence-corrected chi connectivity index (χ1v) is 6.92. The lowest BCUT2D eigenvalue weighted by molar-refractivity contribution is -0.0853. The summed E-state index contributed by atoms with van der Waals surface area (Å²) in [5.41, 5.74) is -1.26. The third-order valence-corrected chi connectivity index (χ3v) is 3.93. The van der Waals surface area contributed by atoms with E-state index in [2.05, 4.69) is 4.90 Å². The molecule has 0 radical (unpaired) electrons. The zero-order valence-corrected chi connectivity index (χ0v) is 11.6. The number of ether oxygens (including phenoxy) is 1. The van der Waals surface area contributed by atoms with Crippen molar-refractivity contribution in [3.05, 3.63) is 0 Å². The van der Waals surface area contributed by atoms with Crippen LogP contribution in [0.4, 0.5) is 9.18 Å². The number of morpholine rings is 1. The molecule has 0 bridgehead atoms. The van der Waals surface area contributed by atoms with Crippen molar-refractivity contribution < 1.29 is 19.0 Å². The summed E-state index contributed by atoms with van der Waals surface area (Å²) in [4.78, 5) is 14.2. The predicted molar refractivity (Wildman–Crippen MR) is 69.1 cm³/mol. The molecule has 110 valence electrons. The van der Waals surface area contributed by atoms with E-state index < -0.39 is 11.8 Å². The Hall–Kier alpha value is -0.880. The van der Waals surface area contributed by atoms with Crippen LogP contribution in [0, 0.1) is 0 Å². The Morgan fingerprint density at radius 1 is 1.32 bits per heavy atom. The summed E-state index contributed by atoms with van der Waals surface area (Å²) < 4.78 is 20.4. The standard InChI is InChI=1S/C13H23FN2O3/c1-10-7-15(8-11(2)19-10)9-13(14)3-5-16(6-4-13)12(17)18/h10-11H,3-9H2,1-2H3,(H,17,18)/t10-,11+. The summed E-state index contributed by atoms with van der Waals surface area (Å²) in [6.07, 6.45) is -0.104. The van der Waals surface area contributed by atoms with E-state index >= 15 is 0 Å². The number of likely N-dealkylation sites (tertiary alicyclic amines) is 1. The minimum atomic E-state index is -1.26. The van der Waals surface area contributed by atoms with Crippen LogP contribution < -0.4 is 0 Å². The Morgan fingerprint density at radius 3 is 2.32 bits per heavy atom. The fourth-order valence-corrected chi connectivity index (χ4v) is 3.07. The molecule has 0 aromatic heterocycles. The van der Waals surface area contributed by atoms with E-state index in [0.717, 1.165) is 13.1 Å². The van der Waals surface area contributed by atoms with Crippen LogP contribution in [0.2, 0.25) is 0 Å². The first-order valence-electron chi connectivity index (χ1n) is 6.92. The quantitative estimate of drug-likeness (QED) is 0.830. The number of alkyl halides is 1. The molecule has 5 nitrogen and oxygen atoms in total. The van der Waals surface area contributed by atoms with Gasteiger partial charge in [-0.25, -0.2) is 9.18 Å². The molecule has 1 N–H and O–H groups in total. The molecule has 0 saturated carbocycles. The van der Waals surface area contributed by atoms with Crippen LogP contribution >= 0.6 is 0 Å². The molecule has 0 aliphatic carbocycles. The molecule has 2 aliphatic rings. The van der Waals surface area contributed by atoms with Gasteiger partial charge in [0.1, 0.15) is 5.67 Å². The van der Waals surface area contributed by atoms with Gasteiger partial charge in [0.2, 0.25) is 0 Å². The molecule has 2 atom stereocenters. The molecule has 0 unspecified atom stereocenters. The predicted octanol–water partition coefficient (Wildman–Crippen LogP) is 1.58. The minimum absolute atomic E-state index is 0.131. The van der Waals surface area contributed by atoms with Gasteiger partial charge in [0.05, 0.1) is 12.2 Å². The highest BCUT2D eigenvalue weighted by Crippen LogP contribution is 2.28. The fraction of sp³-hybridized carbons (Fsp3) is 0.923. The van der Waals surface area contributed by atoms with E-state index in [-0.39, 0.29) is 12.2 Å². The molecule has 2 heterocycles. The maximum absolute atomic E-state index is 14.7. The van der Waals surface area contributed by atoms with Gasteiger partial charge in [-0.15, -0.1) is 0 Å². The van der Waals surface area contributed by atoms with Crippen LogP contribution in [0.15, 0.2) is 0 Å². The van der Waals surface area contributed by atoms with Crippen molar-refractivity contribution in [1.82, 2.24) is 9.80 Å². The van der Waals surface area contributed by atoms with E-state index in [1.807, 2.05) is 13.8 Å². The Balaban J connectivity index is 1.86. The number of carbonyl (C=O) groups is 1. The molecule has 19 heavy (non-hydrogen) atoms. The van der Waals surface area contributed by atoms with Gasteiger partial charge in [-0.3, -0.25) is 4.90 Å². The number of hydrogen-bond donors (Lipinski definition) is 1. The molecule has 0 aromatic carbocycles. The topological polar surface area (TPSA) is 53.0 Å². The molecular weight excluding hydrogens is 251 g/mol. The number of nitrogens with zero attached hydrogens (tertiary/aromatic N) is 2. The van der Waals surface area contributed by atoms with Crippen LogP contribution in [0.5, 0.6) is 0 Å². The highest BCUT2D eigenvalue weighted by atomic mass is 19.1. The van der Waals surface area contributed by atoms with E-state index in [1.54, 1.807) is 0 Å². The second-order valence-corrected chi connectivity index (χ2v) is 5.87. The van der Waals surface area contributed by atoms with E-state index in [1.165, 1.54) is 4.90 Å². The first-order chi connectivity index (χ1) is 8.88. The van der Waals surface area contributed by atoms with Gasteiger partial charge in [0.15, 0.2) is 0 Å². The summed E-state index contributed by atoms with van der Waals surface area (Å²) >= 11 is 0. The molecular formula is C13H23FN2O3. The van der Waals surface area contributed by atoms with Crippen molar-refractivity contribution in [2.24, 2.45) is 0 Å². The summed E-state index contributed by atoms with van der Waals surface area (Å²) in [5, 5.41) is 8.88. The van der Waals surface area contributed by atoms with Crippen LogP contribution in [0.3, 0.4) is 0 Å². The van der Waals surface area contributed by atoms with E-state index in [9.17, 15) is 9.18 Å². The molecule has 2 rings (SSSR count). The lowest BCUT2D eigenvalue weighted by atomic mass is 9.92. The molecule has 1 amide bonds. The van der Waals surface area contributed by atoms with Crippen LogP contribution in [-0.4, -0.2) is 71.6 Å². The van der Waals surface area contributed by atoms with Crippen LogP contribution in [0.25, 0.3) is 0 Å². The maximum atomic E-state index is 14.7. The molecule has 0 aromatic rings. The Labute approximate surface area is 113 Å². The van der Waals surface area contributed by atoms with Gasteiger partial charge in [0, 0.05) is 45.6 Å². The Kier molecular flexibility index (Phi) is 4.30. The number of carboxylic acid groups (broad SMARTS) is 1. The van der Waals surface area contributed by atoms with Gasteiger partial charge in [-0.05, 0) is 13.8 Å². The monoisotopic (exact) mass is 274 g/mol. The SMILES string of the molecule is C[C@@H]1CN(CC2(F)CCN(C(=O)O)CC2)C[C@H](C)O1. The molecule has 2 fully saturated rings. The zero-order chi connectivity index (χ0) is 14.0. The highest BCUT2D eigenvalue weighted by molar-refractivity contribution is 5.65. The summed E-state index contributed by atoms with van der Waals surface area (Å²) in [5.74, 6) is 0. The first kappa shape index (κ1) is 14.5. The summed E-state index contributed by atoms with van der Waals surface area (Å²) in [7, 11) is 0. The van der Waals surface area contributed by atoms with Gasteiger partial charge < -0.3 is 14.7 Å². The second-order valence-electron chi connectivity index (χ2n) is 5.87. The molecule has 2 saturated heterocycles. The third kappa shape index (κ3) is 3.79. The average molecular weight is 274 g/mol. The maximum Gasteiger partial charge on any atom is 0.407 e. The van der Waals surface area contributed by atoms with E-state index in [4.69, 9.17) is 9.84 Å². The Morgan fingerprint density at radius 2 is 1.84 bits per heavy atom. The van der Waals surface area contributed by atoms with Gasteiger partial charge in [-0.2, -0.15) is 0 Å². The zero-order valence-electron chi connectivity index (χ0n) is 11.6. The van der Waals surface area contributed by atoms with E-state index in [0.29, 0.717) is 32.5 Å². The molecule has 2 aliphatic heterocycles. The number of halogens is 1. The lowest BCUT2D eigenvalue weighted by Gasteiger charge is -2.41. The van der Waals surface area contributed by atoms with Gasteiger partial charge in [0.25, 0.3) is 0 Å². The largest absolute Gasteiger partial charge is 0.465 e. The van der Waals surface area contributed by atoms with Crippen molar-refractivity contribution in [3.63, 3.8) is 0 Å². The van der Waals surface area contributed by atoms with Crippen LogP contribution in [0.1, 0.15) is 26.7 Å². The number of rotatable bonds is 2. The highest BCUT2D eigenvalue weighted by Gasteiger charge is 2.38. The summed E-state index contributed by atoms with van der Waals surface area (Å²) in [6, 6.07) is 0. The third-order valence-electron chi connectivity index (χ3n) is 3.93. The van der Waals surface area contributed by atoms with Crippen LogP contribution in [-0.2, 0) is 4.74 Å². The number of piperidine rings is 1. The van der Waals surface area contributed by atoms with Crippen molar-refractivity contribution in [1.29, 1.82) is 0 Å². The number of hydrogen-bond acceptors (Lipinski definition) is 3. The van der Waals surface area contributed by atoms with Crippen molar-refractivity contribution in [2.45, 2.75) is 44.6 Å². The Bertz CT molecular complexity index is 322. The second kappa shape index (κ2) is 5.63.